The zero-order valence-corrected chi connectivity index (χ0v) is 14.1. The first-order valence-electron chi connectivity index (χ1n) is 7.91. The number of aromatic nitrogens is 2. The summed E-state index contributed by atoms with van der Waals surface area (Å²) in [5, 5.41) is 4.38. The summed E-state index contributed by atoms with van der Waals surface area (Å²) in [6.45, 7) is 9.45. The standard InChI is InChI=1S/C19H24N4O/c1-4-11-22(12-5-2)19(24)16-21(3)14-17-13-20-23(15-17)18-9-7-6-8-10-18/h4-10,13,15H,1-2,11-12,14,16H2,3H3. The molecule has 1 amide bonds. The number of carbonyl (C=O) groups is 1. The van der Waals surface area contributed by atoms with Crippen molar-refractivity contribution in [3.8, 4) is 5.69 Å². The van der Waals surface area contributed by atoms with Crippen molar-refractivity contribution in [3.05, 3.63) is 73.6 Å². The zero-order valence-electron chi connectivity index (χ0n) is 14.1. The number of likely N-dealkylation sites (N-methyl/N-ethyl adjacent to an activating group) is 1. The summed E-state index contributed by atoms with van der Waals surface area (Å²) in [5.74, 6) is 0.0627. The Balaban J connectivity index is 1.93. The van der Waals surface area contributed by atoms with Crippen LogP contribution in [0.25, 0.3) is 5.69 Å². The normalized spacial score (nSPS) is 10.6. The second-order valence-electron chi connectivity index (χ2n) is 5.68. The molecule has 5 nitrogen and oxygen atoms in total. The fourth-order valence-corrected chi connectivity index (χ4v) is 2.45. The Morgan fingerprint density at radius 1 is 1.21 bits per heavy atom. The van der Waals surface area contributed by atoms with Gasteiger partial charge in [0.25, 0.3) is 0 Å². The minimum absolute atomic E-state index is 0.0627. The van der Waals surface area contributed by atoms with Crippen LogP contribution in [0, 0.1) is 0 Å². The van der Waals surface area contributed by atoms with Crippen LogP contribution in [0.4, 0.5) is 0 Å². The molecule has 2 aromatic rings. The molecule has 5 heteroatoms. The summed E-state index contributed by atoms with van der Waals surface area (Å²) in [6, 6.07) is 9.95. The van der Waals surface area contributed by atoms with Gasteiger partial charge < -0.3 is 4.90 Å². The molecule has 0 aliphatic carbocycles. The Hall–Kier alpha value is -2.66. The predicted octanol–water partition coefficient (Wildman–Crippen LogP) is 2.50. The van der Waals surface area contributed by atoms with E-state index in [1.54, 1.807) is 17.1 Å². The van der Waals surface area contributed by atoms with E-state index in [4.69, 9.17) is 0 Å². The van der Waals surface area contributed by atoms with E-state index in [2.05, 4.69) is 18.3 Å². The van der Waals surface area contributed by atoms with Gasteiger partial charge in [-0.05, 0) is 19.2 Å². The molecule has 0 radical (unpaired) electrons. The lowest BCUT2D eigenvalue weighted by atomic mass is 10.3. The van der Waals surface area contributed by atoms with Gasteiger partial charge in [-0.2, -0.15) is 5.10 Å². The summed E-state index contributed by atoms with van der Waals surface area (Å²) < 4.78 is 1.84. The highest BCUT2D eigenvalue weighted by molar-refractivity contribution is 5.78. The monoisotopic (exact) mass is 324 g/mol. The van der Waals surface area contributed by atoms with Gasteiger partial charge in [0.15, 0.2) is 0 Å². The SMILES string of the molecule is C=CCN(CC=C)C(=O)CN(C)Cc1cnn(-c2ccccc2)c1. The highest BCUT2D eigenvalue weighted by Crippen LogP contribution is 2.09. The summed E-state index contributed by atoms with van der Waals surface area (Å²) in [7, 11) is 1.93. The first-order valence-corrected chi connectivity index (χ1v) is 7.91. The highest BCUT2D eigenvalue weighted by Gasteiger charge is 2.14. The molecule has 0 unspecified atom stereocenters. The fraction of sp³-hybridized carbons (Fsp3) is 0.263. The third kappa shape index (κ3) is 4.93. The summed E-state index contributed by atoms with van der Waals surface area (Å²) >= 11 is 0. The van der Waals surface area contributed by atoms with Gasteiger partial charge in [0.2, 0.25) is 5.91 Å². The van der Waals surface area contributed by atoms with E-state index < -0.39 is 0 Å². The van der Waals surface area contributed by atoms with Crippen LogP contribution in [0.15, 0.2) is 68.0 Å². The molecule has 0 aliphatic heterocycles. The van der Waals surface area contributed by atoms with Crippen LogP contribution in [0.1, 0.15) is 5.56 Å². The third-order valence-electron chi connectivity index (χ3n) is 3.57. The molecule has 2 rings (SSSR count). The van der Waals surface area contributed by atoms with Gasteiger partial charge in [0, 0.05) is 31.4 Å². The summed E-state index contributed by atoms with van der Waals surface area (Å²) in [4.78, 5) is 16.0. The van der Waals surface area contributed by atoms with Gasteiger partial charge in [0.1, 0.15) is 0 Å². The number of hydrogen-bond donors (Lipinski definition) is 0. The first kappa shape index (κ1) is 17.7. The van der Waals surface area contributed by atoms with Crippen molar-refractivity contribution in [2.45, 2.75) is 6.54 Å². The van der Waals surface area contributed by atoms with Gasteiger partial charge in [-0.25, -0.2) is 4.68 Å². The number of amides is 1. The smallest absolute Gasteiger partial charge is 0.237 e. The molecular weight excluding hydrogens is 300 g/mol. The minimum Gasteiger partial charge on any atom is -0.334 e. The number of rotatable bonds is 9. The minimum atomic E-state index is 0.0627. The van der Waals surface area contributed by atoms with E-state index in [-0.39, 0.29) is 5.91 Å². The maximum Gasteiger partial charge on any atom is 0.237 e. The highest BCUT2D eigenvalue weighted by atomic mass is 16.2. The number of hydrogen-bond acceptors (Lipinski definition) is 3. The largest absolute Gasteiger partial charge is 0.334 e. The van der Waals surface area contributed by atoms with Crippen molar-refractivity contribution in [2.75, 3.05) is 26.7 Å². The molecule has 0 atom stereocenters. The van der Waals surface area contributed by atoms with Crippen molar-refractivity contribution in [3.63, 3.8) is 0 Å². The van der Waals surface area contributed by atoms with Crippen LogP contribution in [0.3, 0.4) is 0 Å². The lowest BCUT2D eigenvalue weighted by molar-refractivity contribution is -0.131. The van der Waals surface area contributed by atoms with Crippen molar-refractivity contribution in [2.24, 2.45) is 0 Å². The quantitative estimate of drug-likeness (QED) is 0.666. The third-order valence-corrected chi connectivity index (χ3v) is 3.57. The average molecular weight is 324 g/mol. The molecule has 1 aromatic heterocycles. The van der Waals surface area contributed by atoms with Crippen LogP contribution < -0.4 is 0 Å². The molecular formula is C19H24N4O. The average Bonchev–Trinajstić information content (AvgIpc) is 3.03. The molecule has 0 bridgehead atoms. The van der Waals surface area contributed by atoms with Crippen LogP contribution in [-0.4, -0.2) is 52.2 Å². The van der Waals surface area contributed by atoms with Gasteiger partial charge in [-0.3, -0.25) is 9.69 Å². The molecule has 0 fully saturated rings. The van der Waals surface area contributed by atoms with Crippen molar-refractivity contribution < 1.29 is 4.79 Å². The molecule has 0 spiro atoms. The van der Waals surface area contributed by atoms with Crippen LogP contribution in [-0.2, 0) is 11.3 Å². The number of carbonyl (C=O) groups excluding carboxylic acids is 1. The van der Waals surface area contributed by atoms with Crippen molar-refractivity contribution in [1.29, 1.82) is 0 Å². The lowest BCUT2D eigenvalue weighted by Gasteiger charge is -2.23. The maximum atomic E-state index is 12.3. The number of benzene rings is 1. The molecule has 0 saturated carbocycles. The van der Waals surface area contributed by atoms with E-state index in [1.165, 1.54) is 0 Å². The Morgan fingerprint density at radius 3 is 2.50 bits per heavy atom. The van der Waals surface area contributed by atoms with Crippen LogP contribution in [0.2, 0.25) is 0 Å². The molecule has 0 aliphatic rings. The predicted molar refractivity (Wildman–Crippen MR) is 96.9 cm³/mol. The van der Waals surface area contributed by atoms with Gasteiger partial charge in [-0.1, -0.05) is 30.4 Å². The van der Waals surface area contributed by atoms with E-state index in [9.17, 15) is 4.79 Å². The second-order valence-corrected chi connectivity index (χ2v) is 5.68. The Labute approximate surface area is 143 Å². The Bertz CT molecular complexity index is 668. The van der Waals surface area contributed by atoms with Crippen LogP contribution in [0.5, 0.6) is 0 Å². The van der Waals surface area contributed by atoms with Gasteiger partial charge in [-0.15, -0.1) is 13.2 Å². The Morgan fingerprint density at radius 2 is 1.88 bits per heavy atom. The summed E-state index contributed by atoms with van der Waals surface area (Å²) in [5.41, 5.74) is 2.08. The van der Waals surface area contributed by atoms with Crippen molar-refractivity contribution >= 4 is 5.91 Å². The summed E-state index contributed by atoms with van der Waals surface area (Å²) in [6.07, 6.45) is 7.28. The maximum absolute atomic E-state index is 12.3. The van der Waals surface area contributed by atoms with E-state index in [1.807, 2.05) is 59.4 Å². The number of nitrogens with zero attached hydrogens (tertiary/aromatic N) is 4. The van der Waals surface area contributed by atoms with Crippen molar-refractivity contribution in [1.82, 2.24) is 19.6 Å². The fourth-order valence-electron chi connectivity index (χ4n) is 2.45. The van der Waals surface area contributed by atoms with E-state index >= 15 is 0 Å². The molecule has 24 heavy (non-hydrogen) atoms. The lowest BCUT2D eigenvalue weighted by Crippen LogP contribution is -2.38. The van der Waals surface area contributed by atoms with Gasteiger partial charge in [0.05, 0.1) is 18.4 Å². The zero-order chi connectivity index (χ0) is 17.4. The molecule has 0 saturated heterocycles. The molecule has 1 aromatic carbocycles. The van der Waals surface area contributed by atoms with Crippen LogP contribution >= 0.6 is 0 Å². The molecule has 1 heterocycles. The van der Waals surface area contributed by atoms with Gasteiger partial charge >= 0.3 is 0 Å². The topological polar surface area (TPSA) is 41.4 Å². The Kier molecular flexibility index (Phi) is 6.51. The second kappa shape index (κ2) is 8.84. The first-order chi connectivity index (χ1) is 11.6. The van der Waals surface area contributed by atoms with E-state index in [0.29, 0.717) is 26.2 Å². The van der Waals surface area contributed by atoms with E-state index in [0.717, 1.165) is 11.3 Å². The number of para-hydroxylation sites is 1. The molecule has 0 N–H and O–H groups in total. The molecule has 126 valence electrons.